The van der Waals surface area contributed by atoms with E-state index in [0.717, 1.165) is 31.9 Å². The Bertz CT molecular complexity index is 569. The smallest absolute Gasteiger partial charge is 0.439 e. The van der Waals surface area contributed by atoms with Crippen molar-refractivity contribution in [2.24, 2.45) is 0 Å². The molecule has 0 radical (unpaired) electrons. The predicted molar refractivity (Wildman–Crippen MR) is 206 cm³/mol. The number of hydrogen-bond acceptors (Lipinski definition) is 8. The van der Waals surface area contributed by atoms with Crippen LogP contribution in [0, 0.1) is 0 Å². The van der Waals surface area contributed by atoms with Crippen LogP contribution in [-0.4, -0.2) is 86.9 Å². The molecule has 0 spiro atoms. The van der Waals surface area contributed by atoms with E-state index in [1.54, 1.807) is 28.4 Å². The molecule has 0 saturated heterocycles. The van der Waals surface area contributed by atoms with Gasteiger partial charge in [-0.25, -0.2) is 0 Å². The maximum Gasteiger partial charge on any atom is 0.502 e. The highest BCUT2D eigenvalue weighted by Gasteiger charge is 2.54. The lowest BCUT2D eigenvalue weighted by Gasteiger charge is -2.43. The lowest BCUT2D eigenvalue weighted by Crippen LogP contribution is -2.62. The summed E-state index contributed by atoms with van der Waals surface area (Å²) >= 11 is 0. The minimum Gasteiger partial charge on any atom is -0.439 e. The first-order valence-electron chi connectivity index (χ1n) is 12.9. The fraction of sp³-hybridized carbons (Fsp3) is 1.00. The third-order valence-corrected chi connectivity index (χ3v) is 27.9. The molecule has 0 aromatic heterocycles. The van der Waals surface area contributed by atoms with Crippen LogP contribution in [-0.2, 0) is 34.5 Å². The van der Waals surface area contributed by atoms with Crippen LogP contribution >= 0.6 is 0 Å². The fourth-order valence-electron chi connectivity index (χ4n) is 4.29. The molecule has 0 heterocycles. The molecule has 0 aliphatic heterocycles. The van der Waals surface area contributed by atoms with Gasteiger partial charge in [0.25, 0.3) is 9.28 Å². The second kappa shape index (κ2) is 28.2. The van der Waals surface area contributed by atoms with Gasteiger partial charge in [-0.3, -0.25) is 0 Å². The Morgan fingerprint density at radius 2 is 0.929 bits per heavy atom. The van der Waals surface area contributed by atoms with Crippen LogP contribution in [0.25, 0.3) is 0 Å². The van der Waals surface area contributed by atoms with E-state index in [9.17, 15) is 0 Å². The molecule has 268 valence electrons. The Kier molecular flexibility index (Phi) is 41.6. The number of methoxy groups -OCH3 is 1. The molecule has 3 unspecified atom stereocenters. The van der Waals surface area contributed by atoms with Gasteiger partial charge >= 0.3 is 25.9 Å². The van der Waals surface area contributed by atoms with Gasteiger partial charge < -0.3 is 34.5 Å². The average Bonchev–Trinajstić information content (AvgIpc) is 2.68. The average molecular weight is 717 g/mol. The summed E-state index contributed by atoms with van der Waals surface area (Å²) in [6.07, 6.45) is 5.72. The molecule has 0 aliphatic carbocycles. The van der Waals surface area contributed by atoms with Crippen LogP contribution in [0.1, 0.15) is 84.1 Å². The van der Waals surface area contributed by atoms with Crippen molar-refractivity contribution in [2.45, 2.75) is 155 Å². The van der Waals surface area contributed by atoms with Gasteiger partial charge in [0.2, 0.25) is 0 Å². The first-order chi connectivity index (χ1) is 16.0. The summed E-state index contributed by atoms with van der Waals surface area (Å²) in [6, 6.07) is 0.919. The molecule has 0 fully saturated rings. The SMILES string of the molecule is C.C.C.C.C.C.C.COCCCCCCC[Si](C)(O[SiH](C)O[Si](C)(C)C)O[Si](C)(C[Si](OC)(OC)OC)O[Si](C)(C)C. The van der Waals surface area contributed by atoms with Crippen molar-refractivity contribution in [3.8, 4) is 0 Å². The monoisotopic (exact) mass is 716 g/mol. The molecule has 0 aromatic carbocycles. The second-order valence-electron chi connectivity index (χ2n) is 11.5. The van der Waals surface area contributed by atoms with Crippen LogP contribution < -0.4 is 0 Å². The largest absolute Gasteiger partial charge is 0.502 e. The summed E-state index contributed by atoms with van der Waals surface area (Å²) in [5, 5.41) is 0. The van der Waals surface area contributed by atoms with Gasteiger partial charge in [0.15, 0.2) is 16.6 Å². The van der Waals surface area contributed by atoms with Crippen molar-refractivity contribution < 1.29 is 34.5 Å². The molecule has 0 amide bonds. The highest BCUT2D eigenvalue weighted by atomic mass is 28.5. The van der Waals surface area contributed by atoms with Gasteiger partial charge in [0, 0.05) is 35.0 Å². The van der Waals surface area contributed by atoms with Gasteiger partial charge in [0.05, 0.1) is 5.67 Å². The summed E-state index contributed by atoms with van der Waals surface area (Å²) < 4.78 is 49.7. The van der Waals surface area contributed by atoms with Gasteiger partial charge in [0.1, 0.15) is 0 Å². The van der Waals surface area contributed by atoms with E-state index < -0.39 is 51.8 Å². The summed E-state index contributed by atoms with van der Waals surface area (Å²) in [7, 11) is -7.10. The van der Waals surface area contributed by atoms with Crippen molar-refractivity contribution in [3.63, 3.8) is 0 Å². The summed E-state index contributed by atoms with van der Waals surface area (Å²) in [5.41, 5.74) is 0.529. The molecule has 0 aromatic rings. The normalized spacial score (nSPS) is 14.8. The van der Waals surface area contributed by atoms with E-state index >= 15 is 0 Å². The van der Waals surface area contributed by atoms with Gasteiger partial charge in [-0.15, -0.1) is 0 Å². The Morgan fingerprint density at radius 1 is 0.500 bits per heavy atom. The standard InChI is InChI=1S/C21H56O8Si6.7CH4/c1-22-19-17-15-14-16-18-20-33(12,27-30(5)26-31(6,7)8)29-34(13,28-32(9,10)11)21-35(23-2,24-3)25-4;;;;;;;/h30H,14-21H2,1-13H3;7*1H4. The molecule has 0 rings (SSSR count). The van der Waals surface area contributed by atoms with E-state index in [4.69, 9.17) is 34.5 Å². The molecule has 0 saturated carbocycles. The molecule has 8 nitrogen and oxygen atoms in total. The third kappa shape index (κ3) is 28.5. The van der Waals surface area contributed by atoms with Crippen LogP contribution in [0.5, 0.6) is 0 Å². The molecule has 14 heteroatoms. The van der Waals surface area contributed by atoms with E-state index in [-0.39, 0.29) is 52.0 Å². The fourth-order valence-corrected chi connectivity index (χ4v) is 30.7. The minimum atomic E-state index is -2.91. The quantitative estimate of drug-likeness (QED) is 0.0859. The number of unbranched alkanes of at least 4 members (excludes halogenated alkanes) is 4. The molecular weight excluding hydrogens is 633 g/mol. The summed E-state index contributed by atoms with van der Waals surface area (Å²) in [4.78, 5) is 0. The summed E-state index contributed by atoms with van der Waals surface area (Å²) in [6.45, 7) is 20.5. The van der Waals surface area contributed by atoms with E-state index in [2.05, 4.69) is 58.9 Å². The van der Waals surface area contributed by atoms with Crippen LogP contribution in [0.15, 0.2) is 0 Å². The molecule has 0 aliphatic rings. The van der Waals surface area contributed by atoms with E-state index in [1.165, 1.54) is 12.8 Å². The Balaban J connectivity index is -0.000000275. The second-order valence-corrected chi connectivity index (χ2v) is 33.6. The zero-order valence-corrected chi connectivity index (χ0v) is 31.2. The lowest BCUT2D eigenvalue weighted by molar-refractivity contribution is 0.125. The zero-order valence-electron chi connectivity index (χ0n) is 25.0. The Hall–Kier alpha value is 0.981. The van der Waals surface area contributed by atoms with E-state index in [1.807, 2.05) is 0 Å². The van der Waals surface area contributed by atoms with Gasteiger partial charge in [-0.2, -0.15) is 0 Å². The van der Waals surface area contributed by atoms with Gasteiger partial charge in [-0.1, -0.05) is 77.7 Å². The number of rotatable bonds is 21. The van der Waals surface area contributed by atoms with Crippen LogP contribution in [0.2, 0.25) is 70.6 Å². The maximum absolute atomic E-state index is 7.11. The molecule has 0 N–H and O–H groups in total. The van der Waals surface area contributed by atoms with Gasteiger partial charge in [-0.05, 0) is 71.4 Å². The molecule has 42 heavy (non-hydrogen) atoms. The summed E-state index contributed by atoms with van der Waals surface area (Å²) in [5.74, 6) is 0. The highest BCUT2D eigenvalue weighted by molar-refractivity contribution is 6.93. The molecular formula is C28H84O8Si6. The molecule has 3 atom stereocenters. The van der Waals surface area contributed by atoms with Crippen molar-refractivity contribution in [1.82, 2.24) is 0 Å². The number of ether oxygens (including phenoxy) is 1. The maximum atomic E-state index is 7.11. The first kappa shape index (κ1) is 61.9. The van der Waals surface area contributed by atoms with Crippen molar-refractivity contribution in [3.05, 3.63) is 0 Å². The van der Waals surface area contributed by atoms with Crippen molar-refractivity contribution >= 4 is 51.8 Å². The first-order valence-corrected chi connectivity index (χ1v) is 28.8. The zero-order chi connectivity index (χ0) is 27.4. The van der Waals surface area contributed by atoms with Crippen LogP contribution in [0.3, 0.4) is 0 Å². The predicted octanol–water partition coefficient (Wildman–Crippen LogP) is 10.2. The Morgan fingerprint density at radius 3 is 1.31 bits per heavy atom. The number of hydrogen-bond donors (Lipinski definition) is 0. The molecule has 0 bridgehead atoms. The Labute approximate surface area is 275 Å². The highest BCUT2D eigenvalue weighted by Crippen LogP contribution is 2.33. The van der Waals surface area contributed by atoms with Crippen molar-refractivity contribution in [2.75, 3.05) is 35.0 Å². The van der Waals surface area contributed by atoms with E-state index in [0.29, 0.717) is 5.67 Å². The van der Waals surface area contributed by atoms with Crippen LogP contribution in [0.4, 0.5) is 0 Å². The minimum absolute atomic E-state index is 0. The van der Waals surface area contributed by atoms with Crippen molar-refractivity contribution in [1.29, 1.82) is 0 Å². The topological polar surface area (TPSA) is 73.8 Å². The third-order valence-electron chi connectivity index (χ3n) is 5.34. The lowest BCUT2D eigenvalue weighted by atomic mass is 10.2.